The SMILES string of the molecule is CSC1=NCCN1.NCC1CCCc2cc(S(=O)(=O)c3ccccc3)ccc21.O=S(=O)(c1ccccc1)c1ccc2c(c1)CCCC2CNC1=NCCN1. The molecule has 54 heavy (non-hydrogen) atoms. The van der Waals surface area contributed by atoms with Gasteiger partial charge in [0, 0.05) is 25.6 Å². The smallest absolute Gasteiger partial charge is 0.206 e. The molecule has 10 nitrogen and oxygen atoms in total. The van der Waals surface area contributed by atoms with E-state index < -0.39 is 19.7 Å². The molecule has 2 aliphatic heterocycles. The van der Waals surface area contributed by atoms with Gasteiger partial charge in [-0.05, 0) is 128 Å². The first-order valence-electron chi connectivity index (χ1n) is 18.6. The minimum absolute atomic E-state index is 0.344. The Morgan fingerprint density at radius 3 is 1.67 bits per heavy atom. The molecule has 0 fully saturated rings. The second kappa shape index (κ2) is 18.4. The summed E-state index contributed by atoms with van der Waals surface area (Å²) in [5.41, 5.74) is 10.6. The van der Waals surface area contributed by atoms with Gasteiger partial charge in [-0.1, -0.05) is 60.3 Å². The molecule has 0 radical (unpaired) electrons. The van der Waals surface area contributed by atoms with Crippen molar-refractivity contribution in [3.63, 3.8) is 0 Å². The monoisotopic (exact) mass is 786 g/mol. The molecule has 4 aromatic carbocycles. The van der Waals surface area contributed by atoms with Crippen LogP contribution in [0.2, 0.25) is 0 Å². The van der Waals surface area contributed by atoms with Crippen LogP contribution in [0.1, 0.15) is 59.8 Å². The molecule has 8 rings (SSSR count). The van der Waals surface area contributed by atoms with Gasteiger partial charge in [-0.15, -0.1) is 0 Å². The summed E-state index contributed by atoms with van der Waals surface area (Å²) in [6.45, 7) is 5.14. The Balaban J connectivity index is 0.000000159. The van der Waals surface area contributed by atoms with Gasteiger partial charge < -0.3 is 21.7 Å². The average Bonchev–Trinajstić information content (AvgIpc) is 3.96. The molecule has 2 atom stereocenters. The lowest BCUT2D eigenvalue weighted by atomic mass is 9.83. The van der Waals surface area contributed by atoms with Crippen LogP contribution in [0, 0.1) is 0 Å². The zero-order valence-corrected chi connectivity index (χ0v) is 33.2. The Bertz CT molecular complexity index is 2160. The van der Waals surface area contributed by atoms with Crippen LogP contribution in [0.4, 0.5) is 0 Å². The summed E-state index contributed by atoms with van der Waals surface area (Å²) in [7, 11) is -6.89. The van der Waals surface area contributed by atoms with E-state index >= 15 is 0 Å². The van der Waals surface area contributed by atoms with Gasteiger partial charge >= 0.3 is 0 Å². The third kappa shape index (κ3) is 9.55. The molecule has 13 heteroatoms. The van der Waals surface area contributed by atoms with E-state index in [9.17, 15) is 16.8 Å². The average molecular weight is 787 g/mol. The number of aryl methyl sites for hydroxylation is 2. The van der Waals surface area contributed by atoms with Crippen LogP contribution in [0.15, 0.2) is 127 Å². The summed E-state index contributed by atoms with van der Waals surface area (Å²) >= 11 is 1.67. The van der Waals surface area contributed by atoms with E-state index in [-0.39, 0.29) is 0 Å². The van der Waals surface area contributed by atoms with Gasteiger partial charge in [0.2, 0.25) is 19.7 Å². The Kier molecular flexibility index (Phi) is 13.5. The number of amidine groups is 1. The predicted octanol–water partition coefficient (Wildman–Crippen LogP) is 5.69. The number of thioether (sulfide) groups is 1. The molecule has 2 aliphatic carbocycles. The molecule has 2 unspecified atom stereocenters. The van der Waals surface area contributed by atoms with Crippen LogP contribution in [0.25, 0.3) is 0 Å². The van der Waals surface area contributed by atoms with E-state index in [1.165, 1.54) is 11.1 Å². The topological polar surface area (TPSA) is 155 Å². The van der Waals surface area contributed by atoms with Gasteiger partial charge in [-0.25, -0.2) is 16.8 Å². The highest BCUT2D eigenvalue weighted by Crippen LogP contribution is 2.35. The molecule has 2 heterocycles. The van der Waals surface area contributed by atoms with Crippen LogP contribution in [0.5, 0.6) is 0 Å². The highest BCUT2D eigenvalue weighted by molar-refractivity contribution is 8.13. The summed E-state index contributed by atoms with van der Waals surface area (Å²) in [5.74, 6) is 1.62. The molecule has 5 N–H and O–H groups in total. The number of hydrogen-bond acceptors (Lipinski definition) is 11. The highest BCUT2D eigenvalue weighted by Gasteiger charge is 2.25. The number of rotatable bonds is 7. The summed E-state index contributed by atoms with van der Waals surface area (Å²) in [4.78, 5) is 9.95. The van der Waals surface area contributed by atoms with E-state index in [1.807, 2.05) is 42.7 Å². The lowest BCUT2D eigenvalue weighted by Crippen LogP contribution is -2.37. The summed E-state index contributed by atoms with van der Waals surface area (Å²) in [6.07, 6.45) is 8.24. The van der Waals surface area contributed by atoms with E-state index in [0.717, 1.165) is 93.5 Å². The minimum Gasteiger partial charge on any atom is -0.363 e. The molecular formula is C41H50N6O4S3. The van der Waals surface area contributed by atoms with Gasteiger partial charge in [-0.2, -0.15) is 0 Å². The number of sulfone groups is 2. The number of nitrogens with zero attached hydrogens (tertiary/aromatic N) is 2. The predicted molar refractivity (Wildman–Crippen MR) is 219 cm³/mol. The van der Waals surface area contributed by atoms with Crippen LogP contribution >= 0.6 is 11.8 Å². The van der Waals surface area contributed by atoms with Crippen molar-refractivity contribution in [2.45, 2.75) is 69.9 Å². The van der Waals surface area contributed by atoms with Crippen molar-refractivity contribution in [1.82, 2.24) is 16.0 Å². The fourth-order valence-corrected chi connectivity index (χ4v) is 10.4. The van der Waals surface area contributed by atoms with Gasteiger partial charge in [0.25, 0.3) is 0 Å². The lowest BCUT2D eigenvalue weighted by molar-refractivity contribution is 0.539. The first-order chi connectivity index (χ1) is 26.2. The summed E-state index contributed by atoms with van der Waals surface area (Å²) in [5, 5.41) is 10.8. The van der Waals surface area contributed by atoms with Crippen LogP contribution in [-0.4, -0.2) is 73.5 Å². The van der Waals surface area contributed by atoms with E-state index in [2.05, 4.69) is 25.9 Å². The first-order valence-corrected chi connectivity index (χ1v) is 22.8. The third-order valence-electron chi connectivity index (χ3n) is 10.1. The molecular weight excluding hydrogens is 737 g/mol. The van der Waals surface area contributed by atoms with Gasteiger partial charge in [0.05, 0.1) is 32.7 Å². The second-order valence-electron chi connectivity index (χ2n) is 13.6. The molecule has 4 aliphatic rings. The molecule has 0 spiro atoms. The fraction of sp³-hybridized carbons (Fsp3) is 0.366. The number of guanidine groups is 1. The van der Waals surface area contributed by atoms with Gasteiger partial charge in [-0.3, -0.25) is 9.98 Å². The number of nitrogens with one attached hydrogen (secondary N) is 3. The van der Waals surface area contributed by atoms with E-state index in [4.69, 9.17) is 5.73 Å². The van der Waals surface area contributed by atoms with Crippen molar-refractivity contribution < 1.29 is 16.8 Å². The largest absolute Gasteiger partial charge is 0.363 e. The molecule has 0 amide bonds. The highest BCUT2D eigenvalue weighted by atomic mass is 32.2. The van der Waals surface area contributed by atoms with Gasteiger partial charge in [0.1, 0.15) is 0 Å². The normalized spacial score (nSPS) is 18.9. The number of fused-ring (bicyclic) bond motifs is 2. The Morgan fingerprint density at radius 1 is 0.685 bits per heavy atom. The molecule has 4 aromatic rings. The lowest BCUT2D eigenvalue weighted by Gasteiger charge is -2.26. The third-order valence-corrected chi connectivity index (χ3v) is 14.3. The number of nitrogens with two attached hydrogens (primary N) is 1. The maximum atomic E-state index is 12.9. The standard InChI is InChI=1S/C20H23N3O2S.C17H19NO2S.C4H8N2S/c24-26(25,17-7-2-1-3-8-17)18-9-10-19-15(13-18)5-4-6-16(19)14-23-20-21-11-12-22-20;18-12-14-6-4-5-13-11-16(9-10-17(13)14)21(19,20)15-7-2-1-3-8-15;1-7-4-5-2-3-6-4/h1-3,7-10,13,16H,4-6,11-12,14H2,(H2,21,22,23);1-3,7-11,14H,4-6,12,18H2;2-3H2,1H3,(H,5,6). The maximum Gasteiger partial charge on any atom is 0.206 e. The van der Waals surface area contributed by atoms with Crippen molar-refractivity contribution in [2.75, 3.05) is 45.5 Å². The molecule has 0 aromatic heterocycles. The maximum absolute atomic E-state index is 12.9. The van der Waals surface area contributed by atoms with E-state index in [0.29, 0.717) is 38.0 Å². The molecule has 0 bridgehead atoms. The molecule has 286 valence electrons. The quantitative estimate of drug-likeness (QED) is 0.185. The Labute approximate surface area is 324 Å². The van der Waals surface area contributed by atoms with Crippen LogP contribution in [-0.2, 0) is 32.5 Å². The van der Waals surface area contributed by atoms with Crippen molar-refractivity contribution in [2.24, 2.45) is 15.7 Å². The number of benzene rings is 4. The Hall–Kier alpha value is -4.17. The fourth-order valence-electron chi connectivity index (χ4n) is 7.29. The molecule has 0 saturated carbocycles. The number of hydrogen-bond donors (Lipinski definition) is 4. The Morgan fingerprint density at radius 2 is 1.20 bits per heavy atom. The van der Waals surface area contributed by atoms with Crippen molar-refractivity contribution in [3.8, 4) is 0 Å². The van der Waals surface area contributed by atoms with Crippen molar-refractivity contribution in [3.05, 3.63) is 119 Å². The minimum atomic E-state index is -3.46. The second-order valence-corrected chi connectivity index (χ2v) is 18.3. The summed E-state index contributed by atoms with van der Waals surface area (Å²) < 4.78 is 51.0. The van der Waals surface area contributed by atoms with Crippen molar-refractivity contribution in [1.29, 1.82) is 0 Å². The summed E-state index contributed by atoms with van der Waals surface area (Å²) in [6, 6.07) is 28.3. The first kappa shape index (κ1) is 39.5. The molecule has 0 saturated heterocycles. The van der Waals surface area contributed by atoms with Crippen LogP contribution < -0.4 is 21.7 Å². The van der Waals surface area contributed by atoms with E-state index in [1.54, 1.807) is 72.4 Å². The number of aliphatic imine (C=N–C) groups is 2. The van der Waals surface area contributed by atoms with Crippen LogP contribution in [0.3, 0.4) is 0 Å². The van der Waals surface area contributed by atoms with Crippen molar-refractivity contribution >= 4 is 42.6 Å². The zero-order valence-electron chi connectivity index (χ0n) is 30.7. The van der Waals surface area contributed by atoms with Gasteiger partial charge in [0.15, 0.2) is 11.1 Å². The zero-order chi connectivity index (χ0) is 38.0.